The third-order valence-corrected chi connectivity index (χ3v) is 2.86. The van der Waals surface area contributed by atoms with Gasteiger partial charge in [0.15, 0.2) is 11.1 Å². The van der Waals surface area contributed by atoms with Gasteiger partial charge in [-0.3, -0.25) is 0 Å². The standard InChI is InChI=1S/C10H15F3N4OS/c11-10(12,13)6-15-8(14)17-9-16-7(5-19-9)3-1-2-4-18/h5,18H,1-4,6H2,(H3,14,15,16,17). The number of rotatable bonds is 6. The molecule has 1 aromatic heterocycles. The number of unbranched alkanes of at least 4 members (excludes halogenated alkanes) is 1. The van der Waals surface area contributed by atoms with Crippen LogP contribution in [-0.4, -0.2) is 35.4 Å². The summed E-state index contributed by atoms with van der Waals surface area (Å²) in [4.78, 5) is 7.32. The summed E-state index contributed by atoms with van der Waals surface area (Å²) < 4.78 is 35.7. The molecule has 0 spiro atoms. The van der Waals surface area contributed by atoms with Crippen molar-refractivity contribution in [1.29, 1.82) is 0 Å². The van der Waals surface area contributed by atoms with Crippen molar-refractivity contribution in [2.75, 3.05) is 18.5 Å². The van der Waals surface area contributed by atoms with Crippen LogP contribution < -0.4 is 11.1 Å². The Balaban J connectivity index is 2.44. The molecule has 4 N–H and O–H groups in total. The maximum absolute atomic E-state index is 11.9. The summed E-state index contributed by atoms with van der Waals surface area (Å²) in [6.07, 6.45) is -2.17. The number of nitrogens with one attached hydrogen (secondary N) is 1. The number of hydrogen-bond acceptors (Lipinski definition) is 4. The van der Waals surface area contributed by atoms with E-state index in [4.69, 9.17) is 10.8 Å². The van der Waals surface area contributed by atoms with Crippen LogP contribution in [0.3, 0.4) is 0 Å². The summed E-state index contributed by atoms with van der Waals surface area (Å²) in [6.45, 7) is -1.19. The van der Waals surface area contributed by atoms with Crippen LogP contribution in [-0.2, 0) is 6.42 Å². The van der Waals surface area contributed by atoms with Crippen molar-refractivity contribution < 1.29 is 18.3 Å². The zero-order chi connectivity index (χ0) is 14.3. The summed E-state index contributed by atoms with van der Waals surface area (Å²) in [5.41, 5.74) is 6.13. The topological polar surface area (TPSA) is 83.5 Å². The molecule has 1 heterocycles. The molecule has 108 valence electrons. The number of nitrogens with zero attached hydrogens (tertiary/aromatic N) is 2. The van der Waals surface area contributed by atoms with E-state index in [2.05, 4.69) is 15.3 Å². The van der Waals surface area contributed by atoms with Gasteiger partial charge in [0.1, 0.15) is 6.54 Å². The van der Waals surface area contributed by atoms with Crippen molar-refractivity contribution in [2.24, 2.45) is 10.7 Å². The number of aliphatic hydroxyl groups excluding tert-OH is 1. The molecular weight excluding hydrogens is 281 g/mol. The first-order valence-corrected chi connectivity index (χ1v) is 6.47. The van der Waals surface area contributed by atoms with Gasteiger partial charge in [0.05, 0.1) is 5.69 Å². The van der Waals surface area contributed by atoms with E-state index in [0.29, 0.717) is 18.0 Å². The fourth-order valence-corrected chi connectivity index (χ4v) is 1.97. The van der Waals surface area contributed by atoms with Crippen LogP contribution in [0.25, 0.3) is 0 Å². The lowest BCUT2D eigenvalue weighted by atomic mass is 10.2. The van der Waals surface area contributed by atoms with Crippen molar-refractivity contribution in [3.63, 3.8) is 0 Å². The van der Waals surface area contributed by atoms with Gasteiger partial charge >= 0.3 is 6.18 Å². The van der Waals surface area contributed by atoms with Gasteiger partial charge in [-0.15, -0.1) is 11.3 Å². The molecule has 0 aliphatic carbocycles. The predicted molar refractivity (Wildman–Crippen MR) is 68.3 cm³/mol. The molecule has 0 fully saturated rings. The lowest BCUT2D eigenvalue weighted by Crippen LogP contribution is -2.25. The third-order valence-electron chi connectivity index (χ3n) is 2.06. The molecule has 0 unspecified atom stereocenters. The van der Waals surface area contributed by atoms with Gasteiger partial charge in [-0.25, -0.2) is 9.98 Å². The average molecular weight is 296 g/mol. The van der Waals surface area contributed by atoms with Crippen molar-refractivity contribution >= 4 is 22.4 Å². The lowest BCUT2D eigenvalue weighted by Gasteiger charge is -2.04. The number of halogens is 3. The monoisotopic (exact) mass is 296 g/mol. The first-order chi connectivity index (χ1) is 8.90. The maximum atomic E-state index is 11.9. The Kier molecular flexibility index (Phi) is 6.03. The average Bonchev–Trinajstić information content (AvgIpc) is 2.74. The first kappa shape index (κ1) is 15.7. The molecule has 1 rings (SSSR count). The van der Waals surface area contributed by atoms with Gasteiger partial charge in [-0.1, -0.05) is 0 Å². The number of aryl methyl sites for hydroxylation is 1. The van der Waals surface area contributed by atoms with Gasteiger partial charge in [0.2, 0.25) is 0 Å². The van der Waals surface area contributed by atoms with Gasteiger partial charge in [-0.05, 0) is 19.3 Å². The van der Waals surface area contributed by atoms with Crippen LogP contribution in [0.4, 0.5) is 18.3 Å². The Bertz CT molecular complexity index is 419. The fraction of sp³-hybridized carbons (Fsp3) is 0.600. The molecule has 0 saturated heterocycles. The molecule has 0 radical (unpaired) electrons. The number of alkyl halides is 3. The number of nitrogens with two attached hydrogens (primary N) is 1. The highest BCUT2D eigenvalue weighted by molar-refractivity contribution is 7.13. The summed E-state index contributed by atoms with van der Waals surface area (Å²) in [6, 6.07) is 0. The van der Waals surface area contributed by atoms with Crippen molar-refractivity contribution in [2.45, 2.75) is 25.4 Å². The normalized spacial score (nSPS) is 12.7. The van der Waals surface area contributed by atoms with Crippen LogP contribution in [0.5, 0.6) is 0 Å². The van der Waals surface area contributed by atoms with E-state index in [1.54, 1.807) is 5.38 Å². The fourth-order valence-electron chi connectivity index (χ4n) is 1.22. The van der Waals surface area contributed by atoms with Gasteiger partial charge < -0.3 is 16.2 Å². The molecule has 0 bridgehead atoms. The van der Waals surface area contributed by atoms with Crippen LogP contribution >= 0.6 is 11.3 Å². The summed E-state index contributed by atoms with van der Waals surface area (Å²) in [5.74, 6) is -0.311. The molecule has 0 aliphatic heterocycles. The number of aliphatic hydroxyl groups is 1. The lowest BCUT2D eigenvalue weighted by molar-refractivity contribution is -0.118. The molecule has 9 heteroatoms. The minimum Gasteiger partial charge on any atom is -0.396 e. The molecule has 1 aromatic rings. The smallest absolute Gasteiger partial charge is 0.396 e. The number of aromatic nitrogens is 1. The third kappa shape index (κ3) is 6.97. The van der Waals surface area contributed by atoms with Gasteiger partial charge in [0, 0.05) is 12.0 Å². The Labute approximate surface area is 112 Å². The van der Waals surface area contributed by atoms with Crippen molar-refractivity contribution in [3.05, 3.63) is 11.1 Å². The minimum absolute atomic E-state index is 0.131. The van der Waals surface area contributed by atoms with Crippen LogP contribution in [0.1, 0.15) is 18.5 Å². The second kappa shape index (κ2) is 7.29. The quantitative estimate of drug-likeness (QED) is 0.424. The SMILES string of the molecule is NC(=NCC(F)(F)F)Nc1nc(CCCCO)cs1. The molecule has 0 aromatic carbocycles. The second-order valence-corrected chi connectivity index (χ2v) is 4.62. The van der Waals surface area contributed by atoms with E-state index in [9.17, 15) is 13.2 Å². The van der Waals surface area contributed by atoms with E-state index in [1.807, 2.05) is 0 Å². The largest absolute Gasteiger partial charge is 0.408 e. The van der Waals surface area contributed by atoms with E-state index in [1.165, 1.54) is 11.3 Å². The van der Waals surface area contributed by atoms with Crippen LogP contribution in [0.15, 0.2) is 10.4 Å². The molecule has 19 heavy (non-hydrogen) atoms. The maximum Gasteiger partial charge on any atom is 0.408 e. The van der Waals surface area contributed by atoms with E-state index < -0.39 is 12.7 Å². The van der Waals surface area contributed by atoms with Gasteiger partial charge in [0.25, 0.3) is 0 Å². The molecule has 0 atom stereocenters. The van der Waals surface area contributed by atoms with E-state index in [-0.39, 0.29) is 12.6 Å². The Morgan fingerprint density at radius 2 is 2.21 bits per heavy atom. The Hall–Kier alpha value is -1.35. The molecule has 5 nitrogen and oxygen atoms in total. The Morgan fingerprint density at radius 3 is 2.84 bits per heavy atom. The number of anilines is 1. The summed E-state index contributed by atoms with van der Waals surface area (Å²) in [7, 11) is 0. The molecule has 0 aliphatic rings. The number of guanidine groups is 1. The van der Waals surface area contributed by atoms with E-state index in [0.717, 1.165) is 12.1 Å². The minimum atomic E-state index is -4.37. The predicted octanol–water partition coefficient (Wildman–Crippen LogP) is 1.75. The van der Waals surface area contributed by atoms with E-state index >= 15 is 0 Å². The second-order valence-electron chi connectivity index (χ2n) is 3.77. The molecule has 0 amide bonds. The zero-order valence-electron chi connectivity index (χ0n) is 10.1. The highest BCUT2D eigenvalue weighted by Crippen LogP contribution is 2.17. The molecular formula is C10H15F3N4OS. The number of hydrogen-bond donors (Lipinski definition) is 3. The zero-order valence-corrected chi connectivity index (χ0v) is 10.9. The summed E-state index contributed by atoms with van der Waals surface area (Å²) >= 11 is 1.24. The molecule has 0 saturated carbocycles. The highest BCUT2D eigenvalue weighted by atomic mass is 32.1. The first-order valence-electron chi connectivity index (χ1n) is 5.59. The van der Waals surface area contributed by atoms with Gasteiger partial charge in [-0.2, -0.15) is 13.2 Å². The van der Waals surface area contributed by atoms with Crippen molar-refractivity contribution in [1.82, 2.24) is 4.98 Å². The number of thiazole rings is 1. The highest BCUT2D eigenvalue weighted by Gasteiger charge is 2.26. The van der Waals surface area contributed by atoms with Crippen LogP contribution in [0.2, 0.25) is 0 Å². The summed E-state index contributed by atoms with van der Waals surface area (Å²) in [5, 5.41) is 13.3. The van der Waals surface area contributed by atoms with Crippen LogP contribution in [0, 0.1) is 0 Å². The van der Waals surface area contributed by atoms with Crippen molar-refractivity contribution in [3.8, 4) is 0 Å². The Morgan fingerprint density at radius 1 is 1.47 bits per heavy atom. The number of aliphatic imine (C=N–C) groups is 1.